The van der Waals surface area contributed by atoms with Gasteiger partial charge in [-0.2, -0.15) is 0 Å². The van der Waals surface area contributed by atoms with Crippen molar-refractivity contribution in [1.29, 1.82) is 0 Å². The standard InChI is InChI=1S/C20H23FN2O4S/c1-20(26)9-10-23(19(25)13-6-3-4-7-14(13)21)17(15-8-5-11-28-15)18(20)22-16(24)12-27-2/h3-8,11,17-18,26H,9-10,12H2,1-2H3,(H,22,24). The number of hydrogen-bond donors (Lipinski definition) is 2. The van der Waals surface area contributed by atoms with Crippen LogP contribution in [0.4, 0.5) is 4.39 Å². The summed E-state index contributed by atoms with van der Waals surface area (Å²) in [5.74, 6) is -1.47. The summed E-state index contributed by atoms with van der Waals surface area (Å²) in [6.07, 6.45) is 0.243. The molecular formula is C20H23FN2O4S. The number of amides is 2. The van der Waals surface area contributed by atoms with Crippen molar-refractivity contribution in [3.8, 4) is 0 Å². The number of nitrogens with one attached hydrogen (secondary N) is 1. The number of halogens is 1. The van der Waals surface area contributed by atoms with E-state index in [2.05, 4.69) is 5.32 Å². The molecule has 2 heterocycles. The highest BCUT2D eigenvalue weighted by Crippen LogP contribution is 2.39. The van der Waals surface area contributed by atoms with E-state index in [0.717, 1.165) is 4.88 Å². The Bertz CT molecular complexity index is 840. The monoisotopic (exact) mass is 406 g/mol. The Kier molecular flexibility index (Phi) is 6.12. The van der Waals surface area contributed by atoms with Gasteiger partial charge >= 0.3 is 0 Å². The number of thiophene rings is 1. The normalized spacial score (nSPS) is 24.8. The summed E-state index contributed by atoms with van der Waals surface area (Å²) in [5.41, 5.74) is -1.28. The van der Waals surface area contributed by atoms with Crippen molar-refractivity contribution in [2.75, 3.05) is 20.3 Å². The average Bonchev–Trinajstić information content (AvgIpc) is 3.17. The molecule has 1 fully saturated rings. The zero-order valence-corrected chi connectivity index (χ0v) is 16.5. The van der Waals surface area contributed by atoms with E-state index in [1.54, 1.807) is 13.0 Å². The van der Waals surface area contributed by atoms with Gasteiger partial charge in [0.05, 0.1) is 23.2 Å². The largest absolute Gasteiger partial charge is 0.388 e. The van der Waals surface area contributed by atoms with E-state index in [1.165, 1.54) is 41.5 Å². The van der Waals surface area contributed by atoms with Crippen molar-refractivity contribution in [3.05, 3.63) is 58.0 Å². The van der Waals surface area contributed by atoms with Crippen LogP contribution in [0, 0.1) is 5.82 Å². The third-order valence-electron chi connectivity index (χ3n) is 4.97. The molecule has 2 amide bonds. The first-order valence-electron chi connectivity index (χ1n) is 8.94. The van der Waals surface area contributed by atoms with Gasteiger partial charge in [-0.15, -0.1) is 11.3 Å². The molecule has 0 aliphatic carbocycles. The minimum absolute atomic E-state index is 0.0347. The van der Waals surface area contributed by atoms with Crippen molar-refractivity contribution in [1.82, 2.24) is 10.2 Å². The van der Waals surface area contributed by atoms with E-state index >= 15 is 0 Å². The van der Waals surface area contributed by atoms with E-state index in [-0.39, 0.29) is 25.1 Å². The summed E-state index contributed by atoms with van der Waals surface area (Å²) in [4.78, 5) is 27.7. The fourth-order valence-electron chi connectivity index (χ4n) is 3.54. The van der Waals surface area contributed by atoms with Gasteiger partial charge in [-0.3, -0.25) is 9.59 Å². The minimum atomic E-state index is -1.25. The third-order valence-corrected chi connectivity index (χ3v) is 5.92. The number of likely N-dealkylation sites (tertiary alicyclic amines) is 1. The number of carbonyl (C=O) groups is 2. The maximum absolute atomic E-state index is 14.2. The number of methoxy groups -OCH3 is 1. The van der Waals surface area contributed by atoms with Gasteiger partial charge in [0, 0.05) is 18.5 Å². The van der Waals surface area contributed by atoms with Gasteiger partial charge in [-0.25, -0.2) is 4.39 Å². The number of piperidine rings is 1. The van der Waals surface area contributed by atoms with Gasteiger partial charge in [0.25, 0.3) is 5.91 Å². The first-order chi connectivity index (χ1) is 13.3. The predicted octanol–water partition coefficient (Wildman–Crippen LogP) is 2.36. The zero-order chi connectivity index (χ0) is 20.3. The van der Waals surface area contributed by atoms with Gasteiger partial charge in [0.15, 0.2) is 0 Å². The lowest BCUT2D eigenvalue weighted by Gasteiger charge is -2.48. The minimum Gasteiger partial charge on any atom is -0.388 e. The number of ether oxygens (including phenoxy) is 1. The summed E-state index contributed by atoms with van der Waals surface area (Å²) < 4.78 is 19.1. The Labute approximate surface area is 166 Å². The maximum Gasteiger partial charge on any atom is 0.257 e. The molecule has 28 heavy (non-hydrogen) atoms. The Hall–Kier alpha value is -2.29. The lowest BCUT2D eigenvalue weighted by molar-refractivity contribution is -0.131. The second kappa shape index (κ2) is 8.38. The number of benzene rings is 1. The molecule has 2 aromatic rings. The predicted molar refractivity (Wildman–Crippen MR) is 104 cm³/mol. The van der Waals surface area contributed by atoms with Crippen molar-refractivity contribution < 1.29 is 23.8 Å². The average molecular weight is 406 g/mol. The molecule has 1 aliphatic rings. The molecule has 3 atom stereocenters. The van der Waals surface area contributed by atoms with Crippen LogP contribution in [0.1, 0.15) is 34.6 Å². The first kappa shape index (κ1) is 20.4. The van der Waals surface area contributed by atoms with E-state index < -0.39 is 35.3 Å². The molecule has 1 saturated heterocycles. The van der Waals surface area contributed by atoms with E-state index in [9.17, 15) is 19.1 Å². The SMILES string of the molecule is COCC(=O)NC1C(c2cccs2)N(C(=O)c2ccccc2F)CCC1(C)O. The Morgan fingerprint density at radius 2 is 2.11 bits per heavy atom. The molecule has 1 aromatic carbocycles. The lowest BCUT2D eigenvalue weighted by Crippen LogP contribution is -2.63. The van der Waals surface area contributed by atoms with Crippen LogP contribution in [0.3, 0.4) is 0 Å². The van der Waals surface area contributed by atoms with Gasteiger partial charge in [-0.1, -0.05) is 18.2 Å². The zero-order valence-electron chi connectivity index (χ0n) is 15.7. The number of nitrogens with zero attached hydrogens (tertiary/aromatic N) is 1. The smallest absolute Gasteiger partial charge is 0.257 e. The highest BCUT2D eigenvalue weighted by Gasteiger charge is 2.48. The Morgan fingerprint density at radius 3 is 2.75 bits per heavy atom. The van der Waals surface area contributed by atoms with Crippen molar-refractivity contribution in [2.45, 2.75) is 31.0 Å². The van der Waals surface area contributed by atoms with E-state index in [0.29, 0.717) is 0 Å². The van der Waals surface area contributed by atoms with Gasteiger partial charge in [0.2, 0.25) is 5.91 Å². The second-order valence-electron chi connectivity index (χ2n) is 7.02. The van der Waals surface area contributed by atoms with Crippen LogP contribution in [-0.4, -0.2) is 53.7 Å². The fourth-order valence-corrected chi connectivity index (χ4v) is 4.41. The molecule has 0 radical (unpaired) electrons. The summed E-state index contributed by atoms with van der Waals surface area (Å²) in [5, 5.41) is 15.6. The summed E-state index contributed by atoms with van der Waals surface area (Å²) in [6, 6.07) is 8.10. The Balaban J connectivity index is 2.01. The summed E-state index contributed by atoms with van der Waals surface area (Å²) in [6.45, 7) is 1.71. The third kappa shape index (κ3) is 4.09. The van der Waals surface area contributed by atoms with Crippen molar-refractivity contribution in [2.24, 2.45) is 0 Å². The van der Waals surface area contributed by atoms with Crippen molar-refractivity contribution in [3.63, 3.8) is 0 Å². The molecule has 0 bridgehead atoms. The highest BCUT2D eigenvalue weighted by atomic mass is 32.1. The quantitative estimate of drug-likeness (QED) is 0.799. The van der Waals surface area contributed by atoms with Crippen LogP contribution in [0.25, 0.3) is 0 Å². The molecule has 3 rings (SSSR count). The van der Waals surface area contributed by atoms with Crippen LogP contribution < -0.4 is 5.32 Å². The van der Waals surface area contributed by atoms with Crippen LogP contribution >= 0.6 is 11.3 Å². The number of hydrogen-bond acceptors (Lipinski definition) is 5. The number of rotatable bonds is 5. The molecule has 1 aliphatic heterocycles. The fraction of sp³-hybridized carbons (Fsp3) is 0.400. The molecule has 1 aromatic heterocycles. The first-order valence-corrected chi connectivity index (χ1v) is 9.82. The van der Waals surface area contributed by atoms with Crippen LogP contribution in [0.15, 0.2) is 41.8 Å². The maximum atomic E-state index is 14.2. The van der Waals surface area contributed by atoms with Gasteiger partial charge in [0.1, 0.15) is 12.4 Å². The van der Waals surface area contributed by atoms with Crippen LogP contribution in [-0.2, 0) is 9.53 Å². The highest BCUT2D eigenvalue weighted by molar-refractivity contribution is 7.10. The van der Waals surface area contributed by atoms with E-state index in [4.69, 9.17) is 4.74 Å². The van der Waals surface area contributed by atoms with Crippen molar-refractivity contribution >= 4 is 23.2 Å². The van der Waals surface area contributed by atoms with Gasteiger partial charge < -0.3 is 20.1 Å². The second-order valence-corrected chi connectivity index (χ2v) is 8.00. The number of carbonyl (C=O) groups excluding carboxylic acids is 2. The molecular weight excluding hydrogens is 383 g/mol. The topological polar surface area (TPSA) is 78.9 Å². The molecule has 0 spiro atoms. The molecule has 150 valence electrons. The molecule has 0 saturated carbocycles. The molecule has 2 N–H and O–H groups in total. The Morgan fingerprint density at radius 1 is 1.36 bits per heavy atom. The molecule has 6 nitrogen and oxygen atoms in total. The molecule has 8 heteroatoms. The summed E-state index contributed by atoms with van der Waals surface area (Å²) >= 11 is 1.41. The number of aliphatic hydroxyl groups is 1. The van der Waals surface area contributed by atoms with Crippen LogP contribution in [0.2, 0.25) is 0 Å². The summed E-state index contributed by atoms with van der Waals surface area (Å²) in [7, 11) is 1.41. The van der Waals surface area contributed by atoms with Gasteiger partial charge in [-0.05, 0) is 36.9 Å². The lowest BCUT2D eigenvalue weighted by atomic mass is 9.81. The molecule has 3 unspecified atom stereocenters. The van der Waals surface area contributed by atoms with Crippen LogP contribution in [0.5, 0.6) is 0 Å². The van der Waals surface area contributed by atoms with E-state index in [1.807, 2.05) is 17.5 Å².